The summed E-state index contributed by atoms with van der Waals surface area (Å²) >= 11 is 0. The molecule has 1 fully saturated rings. The molecule has 1 atom stereocenters. The second-order valence-corrected chi connectivity index (χ2v) is 4.62. The minimum Gasteiger partial charge on any atom is -0.372 e. The lowest BCUT2D eigenvalue weighted by atomic mass is 10.2. The molecular weight excluding hydrogens is 277 g/mol. The van der Waals surface area contributed by atoms with Crippen molar-refractivity contribution in [3.8, 4) is 0 Å². The number of carbonyl (C=O) groups is 2. The molecule has 0 bridgehead atoms. The van der Waals surface area contributed by atoms with Crippen LogP contribution in [0.3, 0.4) is 0 Å². The number of amides is 2. The molecule has 0 radical (unpaired) electrons. The van der Waals surface area contributed by atoms with Gasteiger partial charge in [-0.2, -0.15) is 13.2 Å². The Kier molecular flexibility index (Phi) is 6.25. The number of ether oxygens (including phenoxy) is 1. The largest absolute Gasteiger partial charge is 0.411 e. The van der Waals surface area contributed by atoms with Crippen LogP contribution >= 0.6 is 0 Å². The van der Waals surface area contributed by atoms with E-state index in [1.54, 1.807) is 6.92 Å². The van der Waals surface area contributed by atoms with E-state index in [1.807, 2.05) is 0 Å². The molecule has 2 amide bonds. The van der Waals surface area contributed by atoms with Gasteiger partial charge in [0.2, 0.25) is 11.8 Å². The fraction of sp³-hybridized carbons (Fsp3) is 0.833. The second-order valence-electron chi connectivity index (χ2n) is 4.62. The third kappa shape index (κ3) is 5.77. The minimum atomic E-state index is -4.33. The van der Waals surface area contributed by atoms with Gasteiger partial charge in [0.15, 0.2) is 0 Å². The van der Waals surface area contributed by atoms with Crippen LogP contribution in [0.1, 0.15) is 26.2 Å². The van der Waals surface area contributed by atoms with Crippen LogP contribution in [0.5, 0.6) is 0 Å². The fourth-order valence-corrected chi connectivity index (χ4v) is 1.94. The zero-order valence-electron chi connectivity index (χ0n) is 11.3. The van der Waals surface area contributed by atoms with E-state index in [9.17, 15) is 22.8 Å². The van der Waals surface area contributed by atoms with Crippen molar-refractivity contribution < 1.29 is 27.5 Å². The summed E-state index contributed by atoms with van der Waals surface area (Å²) in [6.45, 7) is 1.03. The molecule has 20 heavy (non-hydrogen) atoms. The molecule has 0 aromatic heterocycles. The minimum absolute atomic E-state index is 0.0680. The van der Waals surface area contributed by atoms with E-state index >= 15 is 0 Å². The molecule has 1 N–H and O–H groups in total. The van der Waals surface area contributed by atoms with Crippen LogP contribution in [0.4, 0.5) is 13.2 Å². The number of hydrogen-bond acceptors (Lipinski definition) is 3. The number of rotatable bonds is 6. The van der Waals surface area contributed by atoms with Crippen molar-refractivity contribution in [2.24, 2.45) is 0 Å². The second kappa shape index (κ2) is 7.47. The Hall–Kier alpha value is -1.31. The Labute approximate surface area is 115 Å². The van der Waals surface area contributed by atoms with Gasteiger partial charge in [-0.15, -0.1) is 0 Å². The summed E-state index contributed by atoms with van der Waals surface area (Å²) in [4.78, 5) is 24.9. The molecule has 0 aromatic carbocycles. The Morgan fingerprint density at radius 2 is 2.10 bits per heavy atom. The molecule has 0 aliphatic carbocycles. The highest BCUT2D eigenvalue weighted by molar-refractivity contribution is 5.89. The van der Waals surface area contributed by atoms with Crippen molar-refractivity contribution in [2.45, 2.75) is 38.4 Å². The topological polar surface area (TPSA) is 58.6 Å². The van der Waals surface area contributed by atoms with E-state index in [0.717, 1.165) is 0 Å². The standard InChI is InChI=1S/C12H19F3N2O3/c1-2-9-11(19)17(6-4-10(18)16-9)5-3-7-20-8-12(13,14)15/h9H,2-8H2,1H3,(H,16,18). The number of carbonyl (C=O) groups excluding carboxylic acids is 2. The Bertz CT molecular complexity index is 347. The number of nitrogens with zero attached hydrogens (tertiary/aromatic N) is 1. The summed E-state index contributed by atoms with van der Waals surface area (Å²) in [6, 6.07) is -0.541. The molecule has 1 aliphatic rings. The van der Waals surface area contributed by atoms with Gasteiger partial charge in [0.1, 0.15) is 12.6 Å². The Balaban J connectivity index is 2.34. The lowest BCUT2D eigenvalue weighted by molar-refractivity contribution is -0.174. The SMILES string of the molecule is CCC1NC(=O)CCN(CCCOCC(F)(F)F)C1=O. The maximum absolute atomic E-state index is 12.0. The van der Waals surface area contributed by atoms with Crippen LogP contribution in [0.2, 0.25) is 0 Å². The summed E-state index contributed by atoms with van der Waals surface area (Å²) in [5.74, 6) is -0.366. The van der Waals surface area contributed by atoms with E-state index in [4.69, 9.17) is 0 Å². The van der Waals surface area contributed by atoms with Crippen molar-refractivity contribution in [2.75, 3.05) is 26.3 Å². The Morgan fingerprint density at radius 3 is 2.70 bits per heavy atom. The maximum atomic E-state index is 12.0. The van der Waals surface area contributed by atoms with Gasteiger partial charge in [0.25, 0.3) is 0 Å². The van der Waals surface area contributed by atoms with Gasteiger partial charge in [-0.25, -0.2) is 0 Å². The number of hydrogen-bond donors (Lipinski definition) is 1. The number of alkyl halides is 3. The highest BCUT2D eigenvalue weighted by Gasteiger charge is 2.29. The van der Waals surface area contributed by atoms with Crippen LogP contribution in [-0.2, 0) is 14.3 Å². The van der Waals surface area contributed by atoms with E-state index in [0.29, 0.717) is 25.9 Å². The first kappa shape index (κ1) is 16.7. The molecule has 1 aliphatic heterocycles. The van der Waals surface area contributed by atoms with Crippen molar-refractivity contribution in [3.63, 3.8) is 0 Å². The van der Waals surface area contributed by atoms with Crippen molar-refractivity contribution in [1.29, 1.82) is 0 Å². The quantitative estimate of drug-likeness (QED) is 0.746. The van der Waals surface area contributed by atoms with Crippen LogP contribution in [0, 0.1) is 0 Å². The molecule has 0 aromatic rings. The lowest BCUT2D eigenvalue weighted by Gasteiger charge is -2.23. The van der Waals surface area contributed by atoms with Crippen molar-refractivity contribution >= 4 is 11.8 Å². The molecular formula is C12H19F3N2O3. The fourth-order valence-electron chi connectivity index (χ4n) is 1.94. The summed E-state index contributed by atoms with van der Waals surface area (Å²) in [6.07, 6.45) is -3.31. The molecule has 1 heterocycles. The highest BCUT2D eigenvalue weighted by Crippen LogP contribution is 2.14. The van der Waals surface area contributed by atoms with E-state index in [2.05, 4.69) is 10.1 Å². The molecule has 5 nitrogen and oxygen atoms in total. The van der Waals surface area contributed by atoms with Crippen LogP contribution in [-0.4, -0.2) is 55.2 Å². The predicted octanol–water partition coefficient (Wildman–Crippen LogP) is 1.08. The van der Waals surface area contributed by atoms with E-state index in [1.165, 1.54) is 4.90 Å². The molecule has 1 saturated heterocycles. The molecule has 116 valence electrons. The molecule has 1 unspecified atom stereocenters. The van der Waals surface area contributed by atoms with Crippen LogP contribution in [0.15, 0.2) is 0 Å². The smallest absolute Gasteiger partial charge is 0.372 e. The predicted molar refractivity (Wildman–Crippen MR) is 64.9 cm³/mol. The third-order valence-electron chi connectivity index (χ3n) is 2.94. The summed E-state index contributed by atoms with van der Waals surface area (Å²) in [5.41, 5.74) is 0. The van der Waals surface area contributed by atoms with Gasteiger partial charge in [-0.1, -0.05) is 6.92 Å². The van der Waals surface area contributed by atoms with Crippen molar-refractivity contribution in [1.82, 2.24) is 10.2 Å². The molecule has 0 saturated carbocycles. The van der Waals surface area contributed by atoms with Crippen LogP contribution < -0.4 is 5.32 Å². The average Bonchev–Trinajstić information content (AvgIpc) is 2.49. The van der Waals surface area contributed by atoms with Gasteiger partial charge in [0.05, 0.1) is 0 Å². The first-order chi connectivity index (χ1) is 9.33. The molecule has 1 rings (SSSR count). The van der Waals surface area contributed by atoms with E-state index in [-0.39, 0.29) is 24.8 Å². The van der Waals surface area contributed by atoms with Gasteiger partial charge < -0.3 is 15.0 Å². The first-order valence-corrected chi connectivity index (χ1v) is 6.56. The number of nitrogens with one attached hydrogen (secondary N) is 1. The van der Waals surface area contributed by atoms with Gasteiger partial charge in [-0.3, -0.25) is 9.59 Å². The zero-order chi connectivity index (χ0) is 15.2. The third-order valence-corrected chi connectivity index (χ3v) is 2.94. The van der Waals surface area contributed by atoms with Gasteiger partial charge in [0, 0.05) is 26.1 Å². The first-order valence-electron chi connectivity index (χ1n) is 6.56. The summed E-state index contributed by atoms with van der Waals surface area (Å²) in [7, 11) is 0. The zero-order valence-corrected chi connectivity index (χ0v) is 11.3. The average molecular weight is 296 g/mol. The molecule has 0 spiro atoms. The van der Waals surface area contributed by atoms with Gasteiger partial charge in [-0.05, 0) is 12.8 Å². The summed E-state index contributed by atoms with van der Waals surface area (Å²) < 4.78 is 40.1. The lowest BCUT2D eigenvalue weighted by Crippen LogP contribution is -2.44. The van der Waals surface area contributed by atoms with Crippen LogP contribution in [0.25, 0.3) is 0 Å². The maximum Gasteiger partial charge on any atom is 0.411 e. The van der Waals surface area contributed by atoms with E-state index < -0.39 is 18.8 Å². The summed E-state index contributed by atoms with van der Waals surface area (Å²) in [5, 5.41) is 2.62. The normalized spacial score (nSPS) is 20.8. The number of halogens is 3. The molecule has 8 heteroatoms. The highest BCUT2D eigenvalue weighted by atomic mass is 19.4. The Morgan fingerprint density at radius 1 is 1.40 bits per heavy atom. The van der Waals surface area contributed by atoms with Gasteiger partial charge >= 0.3 is 6.18 Å². The monoisotopic (exact) mass is 296 g/mol. The van der Waals surface area contributed by atoms with Crippen molar-refractivity contribution in [3.05, 3.63) is 0 Å².